The lowest BCUT2D eigenvalue weighted by Crippen LogP contribution is -2.51. The number of carbonyl (C=O) groups is 1. The first-order chi connectivity index (χ1) is 17.2. The molecular weight excluding hydrogens is 474 g/mol. The zero-order chi connectivity index (χ0) is 25.4. The Kier molecular flexibility index (Phi) is 6.89. The zero-order valence-electron chi connectivity index (χ0n) is 20.3. The van der Waals surface area contributed by atoms with Crippen LogP contribution >= 0.6 is 0 Å². The van der Waals surface area contributed by atoms with Gasteiger partial charge in [-0.1, -0.05) is 13.0 Å². The summed E-state index contributed by atoms with van der Waals surface area (Å²) in [6.07, 6.45) is 1.18. The van der Waals surface area contributed by atoms with Crippen LogP contribution in [0.5, 0.6) is 0 Å². The van der Waals surface area contributed by atoms with E-state index in [0.29, 0.717) is 44.1 Å². The Morgan fingerprint density at radius 1 is 1.14 bits per heavy atom. The van der Waals surface area contributed by atoms with Crippen LogP contribution in [0.4, 0.5) is 23.4 Å². The van der Waals surface area contributed by atoms with Gasteiger partial charge in [0.25, 0.3) is 0 Å². The molecule has 2 heterocycles. The Hall–Kier alpha value is -2.75. The van der Waals surface area contributed by atoms with Gasteiger partial charge in [-0.15, -0.1) is 0 Å². The second kappa shape index (κ2) is 9.95. The number of amides is 1. The molecule has 1 saturated carbocycles. The third-order valence-corrected chi connectivity index (χ3v) is 7.62. The first-order valence-corrected chi connectivity index (χ1v) is 12.7. The first-order valence-electron chi connectivity index (χ1n) is 12.7. The maximum absolute atomic E-state index is 14.9. The van der Waals surface area contributed by atoms with Crippen LogP contribution in [-0.2, 0) is 17.4 Å². The Labute approximate surface area is 208 Å². The normalized spacial score (nSPS) is 21.0. The lowest BCUT2D eigenvalue weighted by molar-refractivity contribution is -0.137. The number of alkyl halides is 3. The van der Waals surface area contributed by atoms with Crippen LogP contribution in [0.1, 0.15) is 60.4 Å². The fraction of sp³-hybridized carbons (Fsp3) is 0.577. The monoisotopic (exact) mass is 505 g/mol. The Bertz CT molecular complexity index is 1110. The van der Waals surface area contributed by atoms with Crippen molar-refractivity contribution < 1.29 is 22.4 Å². The quantitative estimate of drug-likeness (QED) is 0.574. The van der Waals surface area contributed by atoms with Crippen molar-refractivity contribution in [1.82, 2.24) is 20.2 Å². The molecule has 0 bridgehead atoms. The van der Waals surface area contributed by atoms with Gasteiger partial charge < -0.3 is 15.1 Å². The van der Waals surface area contributed by atoms with E-state index >= 15 is 0 Å². The lowest BCUT2D eigenvalue weighted by atomic mass is 9.95. The molecule has 1 N–H and O–H groups in total. The number of piperazine rings is 1. The number of aromatic nitrogens is 2. The van der Waals surface area contributed by atoms with Gasteiger partial charge in [0.1, 0.15) is 18.0 Å². The van der Waals surface area contributed by atoms with Crippen molar-refractivity contribution in [2.75, 3.05) is 44.2 Å². The number of anilines is 1. The van der Waals surface area contributed by atoms with Gasteiger partial charge in [0.2, 0.25) is 5.91 Å². The highest BCUT2D eigenvalue weighted by molar-refractivity contribution is 5.84. The minimum atomic E-state index is -4.64. The predicted octanol–water partition coefficient (Wildman–Crippen LogP) is 4.12. The van der Waals surface area contributed by atoms with E-state index in [9.17, 15) is 22.4 Å². The lowest BCUT2D eigenvalue weighted by Gasteiger charge is -2.38. The molecule has 0 radical (unpaired) electrons. The van der Waals surface area contributed by atoms with E-state index in [1.54, 1.807) is 11.2 Å². The van der Waals surface area contributed by atoms with Crippen LogP contribution in [0.2, 0.25) is 0 Å². The number of halogens is 4. The summed E-state index contributed by atoms with van der Waals surface area (Å²) in [4.78, 5) is 26.4. The maximum Gasteiger partial charge on any atom is 0.416 e. The maximum atomic E-state index is 14.9. The molecule has 10 heteroatoms. The summed E-state index contributed by atoms with van der Waals surface area (Å²) in [6.45, 7) is 5.13. The number of nitrogens with zero attached hydrogens (tertiary/aromatic N) is 4. The van der Waals surface area contributed by atoms with E-state index in [1.165, 1.54) is 5.56 Å². The molecule has 6 nitrogen and oxygen atoms in total. The SMILES string of the molecule is C[C@@H]1CCc2ncnc(N3CCN(C(=O)[C@H](CNCC4CC4)c4ccc(C(F)(F)F)cc4F)CC3)c21. The number of benzene rings is 1. The standard InChI is InChI=1S/C26H31F4N5O/c1-16-2-7-22-23(16)24(33-15-32-22)34-8-10-35(11-9-34)25(36)20(14-31-13-17-3-4-17)19-6-5-18(12-21(19)27)26(28,29)30/h5-6,12,15-17,20,31H,2-4,7-11,13-14H2,1H3/t16-,20-/m1/s1. The molecule has 1 aliphatic heterocycles. The molecular formula is C26H31F4N5O. The van der Waals surface area contributed by atoms with Crippen LogP contribution in [0.25, 0.3) is 0 Å². The van der Waals surface area contributed by atoms with E-state index in [4.69, 9.17) is 0 Å². The predicted molar refractivity (Wildman–Crippen MR) is 127 cm³/mol. The summed E-state index contributed by atoms with van der Waals surface area (Å²) >= 11 is 0. The van der Waals surface area contributed by atoms with Crippen molar-refractivity contribution in [3.63, 3.8) is 0 Å². The van der Waals surface area contributed by atoms with E-state index in [0.717, 1.165) is 55.9 Å². The van der Waals surface area contributed by atoms with Gasteiger partial charge in [-0.3, -0.25) is 4.79 Å². The van der Waals surface area contributed by atoms with Crippen molar-refractivity contribution in [3.8, 4) is 0 Å². The smallest absolute Gasteiger partial charge is 0.353 e. The fourth-order valence-corrected chi connectivity index (χ4v) is 5.30. The fourth-order valence-electron chi connectivity index (χ4n) is 5.30. The number of nitrogens with one attached hydrogen (secondary N) is 1. The largest absolute Gasteiger partial charge is 0.416 e. The highest BCUT2D eigenvalue weighted by atomic mass is 19.4. The number of carbonyl (C=O) groups excluding carboxylic acids is 1. The van der Waals surface area contributed by atoms with Crippen molar-refractivity contribution >= 4 is 11.7 Å². The van der Waals surface area contributed by atoms with Gasteiger partial charge in [-0.2, -0.15) is 13.2 Å². The Morgan fingerprint density at radius 3 is 2.56 bits per heavy atom. The van der Waals surface area contributed by atoms with Crippen LogP contribution in [-0.4, -0.2) is 60.0 Å². The molecule has 1 aromatic heterocycles. The van der Waals surface area contributed by atoms with E-state index in [-0.39, 0.29) is 18.0 Å². The zero-order valence-corrected chi connectivity index (χ0v) is 20.3. The van der Waals surface area contributed by atoms with Gasteiger partial charge in [0, 0.05) is 49.5 Å². The summed E-state index contributed by atoms with van der Waals surface area (Å²) in [5.74, 6) is -0.285. The number of aryl methyl sites for hydroxylation is 1. The van der Waals surface area contributed by atoms with Crippen molar-refractivity contribution in [2.45, 2.75) is 50.6 Å². The number of hydrogen-bond acceptors (Lipinski definition) is 5. The Balaban J connectivity index is 1.31. The molecule has 36 heavy (non-hydrogen) atoms. The number of fused-ring (bicyclic) bond motifs is 1. The first kappa shape index (κ1) is 24.9. The van der Waals surface area contributed by atoms with Crippen LogP contribution in [0.3, 0.4) is 0 Å². The van der Waals surface area contributed by atoms with Crippen LogP contribution in [0.15, 0.2) is 24.5 Å². The summed E-state index contributed by atoms with van der Waals surface area (Å²) in [7, 11) is 0. The van der Waals surface area contributed by atoms with Gasteiger partial charge in [0.15, 0.2) is 0 Å². The molecule has 194 valence electrons. The summed E-state index contributed by atoms with van der Waals surface area (Å²) in [6, 6.07) is 2.46. The summed E-state index contributed by atoms with van der Waals surface area (Å²) < 4.78 is 54.1. The topological polar surface area (TPSA) is 61.4 Å². The molecule has 3 aliphatic rings. The minimum Gasteiger partial charge on any atom is -0.353 e. The average molecular weight is 506 g/mol. The molecule has 2 fully saturated rings. The van der Waals surface area contributed by atoms with E-state index in [1.807, 2.05) is 0 Å². The molecule has 1 saturated heterocycles. The summed E-state index contributed by atoms with van der Waals surface area (Å²) in [5, 5.41) is 3.24. The molecule has 2 aromatic rings. The second-order valence-corrected chi connectivity index (χ2v) is 10.2. The summed E-state index contributed by atoms with van der Waals surface area (Å²) in [5.41, 5.74) is 1.22. The van der Waals surface area contributed by atoms with Crippen molar-refractivity contribution in [3.05, 3.63) is 52.7 Å². The number of rotatable bonds is 7. The highest BCUT2D eigenvalue weighted by Crippen LogP contribution is 2.37. The van der Waals surface area contributed by atoms with Gasteiger partial charge in [-0.25, -0.2) is 14.4 Å². The molecule has 2 aliphatic carbocycles. The molecule has 1 aromatic carbocycles. The van der Waals surface area contributed by atoms with Crippen molar-refractivity contribution in [1.29, 1.82) is 0 Å². The minimum absolute atomic E-state index is 0.00108. The average Bonchev–Trinajstić information content (AvgIpc) is 3.61. The molecule has 1 amide bonds. The van der Waals surface area contributed by atoms with E-state index in [2.05, 4.69) is 27.1 Å². The molecule has 5 rings (SSSR count). The number of hydrogen-bond donors (Lipinski definition) is 1. The van der Waals surface area contributed by atoms with Gasteiger partial charge >= 0.3 is 6.18 Å². The van der Waals surface area contributed by atoms with Crippen LogP contribution < -0.4 is 10.2 Å². The molecule has 0 spiro atoms. The van der Waals surface area contributed by atoms with Gasteiger partial charge in [0.05, 0.1) is 11.5 Å². The third kappa shape index (κ3) is 5.19. The Morgan fingerprint density at radius 2 is 1.89 bits per heavy atom. The van der Waals surface area contributed by atoms with Crippen molar-refractivity contribution in [2.24, 2.45) is 5.92 Å². The van der Waals surface area contributed by atoms with Crippen LogP contribution in [0, 0.1) is 11.7 Å². The highest BCUT2D eigenvalue weighted by Gasteiger charge is 2.35. The third-order valence-electron chi connectivity index (χ3n) is 7.62. The second-order valence-electron chi connectivity index (χ2n) is 10.2. The van der Waals surface area contributed by atoms with E-state index < -0.39 is 23.5 Å². The van der Waals surface area contributed by atoms with Gasteiger partial charge in [-0.05, 0) is 56.2 Å². The molecule has 2 atom stereocenters. The molecule has 0 unspecified atom stereocenters.